The van der Waals surface area contributed by atoms with Crippen LogP contribution in [0.15, 0.2) is 88.9 Å². The summed E-state index contributed by atoms with van der Waals surface area (Å²) in [7, 11) is -3.90. The zero-order valence-corrected chi connectivity index (χ0v) is 19.8. The van der Waals surface area contributed by atoms with Gasteiger partial charge in [0, 0.05) is 17.4 Å². The van der Waals surface area contributed by atoms with Crippen molar-refractivity contribution in [2.45, 2.75) is 31.2 Å². The molecule has 3 aromatic carbocycles. The number of rotatable bonds is 4. The molecule has 7 heteroatoms. The molecule has 1 atom stereocenters. The van der Waals surface area contributed by atoms with Crippen LogP contribution in [0.5, 0.6) is 0 Å². The van der Waals surface area contributed by atoms with Crippen LogP contribution in [0.4, 0.5) is 0 Å². The summed E-state index contributed by atoms with van der Waals surface area (Å²) >= 11 is 6.65. The van der Waals surface area contributed by atoms with E-state index in [0.29, 0.717) is 17.7 Å². The zero-order chi connectivity index (χ0) is 23.2. The molecule has 2 heterocycles. The Labute approximate surface area is 198 Å². The van der Waals surface area contributed by atoms with Gasteiger partial charge in [0.05, 0.1) is 22.2 Å². The lowest BCUT2D eigenvalue weighted by atomic mass is 9.98. The van der Waals surface area contributed by atoms with E-state index in [1.165, 1.54) is 4.41 Å². The van der Waals surface area contributed by atoms with Crippen molar-refractivity contribution in [2.75, 3.05) is 0 Å². The Hall–Kier alpha value is -3.22. The fraction of sp³-hybridized carbons (Fsp3) is 0.154. The van der Waals surface area contributed by atoms with E-state index in [0.717, 1.165) is 27.6 Å². The third-order valence-corrected chi connectivity index (χ3v) is 7.93. The second kappa shape index (κ2) is 8.28. The molecular weight excluding hydrogens is 454 g/mol. The van der Waals surface area contributed by atoms with E-state index in [2.05, 4.69) is 10.1 Å². The molecule has 1 aromatic heterocycles. The first kappa shape index (κ1) is 21.6. The number of hydrogen-bond acceptors (Lipinski definition) is 4. The van der Waals surface area contributed by atoms with Crippen LogP contribution in [0.2, 0.25) is 5.15 Å². The number of halogens is 1. The molecule has 5 rings (SSSR count). The summed E-state index contributed by atoms with van der Waals surface area (Å²) in [6, 6.07) is 23.5. The fourth-order valence-corrected chi connectivity index (χ4v) is 5.85. The average molecular weight is 476 g/mol. The highest BCUT2D eigenvalue weighted by Crippen LogP contribution is 2.40. The van der Waals surface area contributed by atoms with E-state index < -0.39 is 16.1 Å². The molecule has 33 heavy (non-hydrogen) atoms. The minimum Gasteiger partial charge on any atom is -0.235 e. The molecule has 1 aliphatic heterocycles. The number of pyridine rings is 1. The number of hydrogen-bond donors (Lipinski definition) is 0. The molecule has 0 N–H and O–H groups in total. The largest absolute Gasteiger partial charge is 0.279 e. The molecule has 1 aliphatic rings. The average Bonchev–Trinajstić information content (AvgIpc) is 3.26. The standard InChI is InChI=1S/C26H22ClN3O2S/c1-17-11-13-19(14-12-17)23-16-24(30(29-23)33(31,32)21-9-4-3-5-10-21)22-15-20-8-6-7-18(2)25(20)28-26(22)27/h3-15,24H,16H2,1-2H3. The third kappa shape index (κ3) is 3.90. The monoisotopic (exact) mass is 475 g/mol. The summed E-state index contributed by atoms with van der Waals surface area (Å²) in [5.41, 5.74) is 5.16. The van der Waals surface area contributed by atoms with Gasteiger partial charge in [-0.25, -0.2) is 4.98 Å². The smallest absolute Gasteiger partial charge is 0.235 e. The van der Waals surface area contributed by atoms with Crippen LogP contribution < -0.4 is 0 Å². The molecule has 4 aromatic rings. The van der Waals surface area contributed by atoms with Crippen molar-refractivity contribution in [3.05, 3.63) is 106 Å². The van der Waals surface area contributed by atoms with Gasteiger partial charge >= 0.3 is 0 Å². The highest BCUT2D eigenvalue weighted by Gasteiger charge is 2.39. The van der Waals surface area contributed by atoms with Crippen LogP contribution in [0, 0.1) is 13.8 Å². The summed E-state index contributed by atoms with van der Waals surface area (Å²) in [4.78, 5) is 4.80. The molecule has 0 saturated heterocycles. The quantitative estimate of drug-likeness (QED) is 0.338. The normalized spacial score (nSPS) is 16.3. The lowest BCUT2D eigenvalue weighted by molar-refractivity contribution is 0.371. The molecule has 0 bridgehead atoms. The van der Waals surface area contributed by atoms with Gasteiger partial charge in [0.15, 0.2) is 0 Å². The first-order valence-corrected chi connectivity index (χ1v) is 12.5. The van der Waals surface area contributed by atoms with Gasteiger partial charge in [-0.05, 0) is 43.2 Å². The van der Waals surface area contributed by atoms with E-state index in [1.54, 1.807) is 30.3 Å². The Morgan fingerprint density at radius 1 is 0.939 bits per heavy atom. The Morgan fingerprint density at radius 2 is 1.67 bits per heavy atom. The first-order valence-electron chi connectivity index (χ1n) is 10.6. The van der Waals surface area contributed by atoms with Crippen molar-refractivity contribution in [1.82, 2.24) is 9.40 Å². The van der Waals surface area contributed by atoms with Crippen LogP contribution in [0.1, 0.15) is 34.7 Å². The number of aryl methyl sites for hydroxylation is 2. The molecular formula is C26H22ClN3O2S. The molecule has 0 spiro atoms. The number of para-hydroxylation sites is 1. The molecule has 0 fully saturated rings. The van der Waals surface area contributed by atoms with Crippen LogP contribution in [0.3, 0.4) is 0 Å². The first-order chi connectivity index (χ1) is 15.8. The highest BCUT2D eigenvalue weighted by atomic mass is 35.5. The summed E-state index contributed by atoms with van der Waals surface area (Å²) < 4.78 is 28.5. The number of sulfonamides is 1. The molecule has 0 radical (unpaired) electrons. The van der Waals surface area contributed by atoms with Gasteiger partial charge in [-0.3, -0.25) is 0 Å². The number of aromatic nitrogens is 1. The van der Waals surface area contributed by atoms with Crippen molar-refractivity contribution < 1.29 is 8.42 Å². The lowest BCUT2D eigenvalue weighted by Gasteiger charge is -2.24. The van der Waals surface area contributed by atoms with Crippen LogP contribution in [-0.4, -0.2) is 23.5 Å². The minimum absolute atomic E-state index is 0.185. The van der Waals surface area contributed by atoms with E-state index in [9.17, 15) is 8.42 Å². The number of hydrazone groups is 1. The van der Waals surface area contributed by atoms with E-state index in [4.69, 9.17) is 11.6 Å². The Morgan fingerprint density at radius 3 is 2.39 bits per heavy atom. The summed E-state index contributed by atoms with van der Waals surface area (Å²) in [6.07, 6.45) is 0.397. The van der Waals surface area contributed by atoms with E-state index in [-0.39, 0.29) is 10.0 Å². The van der Waals surface area contributed by atoms with Crippen LogP contribution in [0.25, 0.3) is 10.9 Å². The zero-order valence-electron chi connectivity index (χ0n) is 18.2. The van der Waals surface area contributed by atoms with Gasteiger partial charge in [-0.2, -0.15) is 17.9 Å². The van der Waals surface area contributed by atoms with E-state index >= 15 is 0 Å². The molecule has 166 valence electrons. The van der Waals surface area contributed by atoms with Crippen molar-refractivity contribution >= 4 is 38.2 Å². The Kier molecular flexibility index (Phi) is 5.43. The van der Waals surface area contributed by atoms with Gasteiger partial charge in [-0.1, -0.05) is 77.8 Å². The van der Waals surface area contributed by atoms with Gasteiger partial charge in [0.2, 0.25) is 0 Å². The van der Waals surface area contributed by atoms with Crippen molar-refractivity contribution in [1.29, 1.82) is 0 Å². The molecule has 0 saturated carbocycles. The maximum absolute atomic E-state index is 13.6. The molecule has 5 nitrogen and oxygen atoms in total. The molecule has 0 aliphatic carbocycles. The molecule has 0 amide bonds. The van der Waals surface area contributed by atoms with Crippen molar-refractivity contribution in [3.8, 4) is 0 Å². The predicted molar refractivity (Wildman–Crippen MR) is 132 cm³/mol. The third-order valence-electron chi connectivity index (χ3n) is 5.93. The Balaban J connectivity index is 1.66. The van der Waals surface area contributed by atoms with Gasteiger partial charge in [-0.15, -0.1) is 0 Å². The van der Waals surface area contributed by atoms with Crippen molar-refractivity contribution in [3.63, 3.8) is 0 Å². The minimum atomic E-state index is -3.90. The molecule has 1 unspecified atom stereocenters. The SMILES string of the molecule is Cc1ccc(C2=NN(S(=O)(=O)c3ccccc3)C(c3cc4cccc(C)c4nc3Cl)C2)cc1. The van der Waals surface area contributed by atoms with Crippen LogP contribution >= 0.6 is 11.6 Å². The maximum atomic E-state index is 13.6. The maximum Gasteiger partial charge on any atom is 0.279 e. The summed E-state index contributed by atoms with van der Waals surface area (Å²) in [5, 5.41) is 5.81. The second-order valence-corrected chi connectivity index (χ2v) is 10.4. The van der Waals surface area contributed by atoms with E-state index in [1.807, 2.05) is 62.4 Å². The van der Waals surface area contributed by atoms with Gasteiger partial charge in [0.25, 0.3) is 10.0 Å². The fourth-order valence-electron chi connectivity index (χ4n) is 4.14. The predicted octanol–water partition coefficient (Wildman–Crippen LogP) is 6.05. The lowest BCUT2D eigenvalue weighted by Crippen LogP contribution is -2.27. The topological polar surface area (TPSA) is 62.6 Å². The number of fused-ring (bicyclic) bond motifs is 1. The number of nitrogens with zero attached hydrogens (tertiary/aromatic N) is 3. The Bertz CT molecular complexity index is 1480. The second-order valence-electron chi connectivity index (χ2n) is 8.24. The van der Waals surface area contributed by atoms with Crippen molar-refractivity contribution in [2.24, 2.45) is 5.10 Å². The highest BCUT2D eigenvalue weighted by molar-refractivity contribution is 7.89. The number of benzene rings is 3. The van der Waals surface area contributed by atoms with Crippen LogP contribution in [-0.2, 0) is 10.0 Å². The van der Waals surface area contributed by atoms with Gasteiger partial charge < -0.3 is 0 Å². The summed E-state index contributed by atoms with van der Waals surface area (Å²) in [6.45, 7) is 3.99. The van der Waals surface area contributed by atoms with Gasteiger partial charge in [0.1, 0.15) is 5.15 Å². The summed E-state index contributed by atoms with van der Waals surface area (Å²) in [5.74, 6) is 0.